The van der Waals surface area contributed by atoms with Crippen LogP contribution in [-0.4, -0.2) is 33.3 Å². The number of nitrogens with zero attached hydrogens (tertiary/aromatic N) is 2. The standard InChI is InChI=1S/C16H21N3O2/c1-12-14(20)18-16(7-3-2-4-8-16)15(21)19(12)11-13-5-9-17-10-6-13/h5-6,9-10,12H,2-4,7-8,11H2,1H3,(H,18,20). The normalized spacial score (nSPS) is 25.0. The summed E-state index contributed by atoms with van der Waals surface area (Å²) in [5.41, 5.74) is 0.348. The predicted molar refractivity (Wildman–Crippen MR) is 78.2 cm³/mol. The quantitative estimate of drug-likeness (QED) is 0.899. The minimum atomic E-state index is -0.658. The summed E-state index contributed by atoms with van der Waals surface area (Å²) in [5, 5.41) is 3.00. The Morgan fingerprint density at radius 2 is 1.90 bits per heavy atom. The van der Waals surface area contributed by atoms with E-state index in [1.165, 1.54) is 0 Å². The summed E-state index contributed by atoms with van der Waals surface area (Å²) in [7, 11) is 0. The van der Waals surface area contributed by atoms with Crippen LogP contribution in [-0.2, 0) is 16.1 Å². The first-order valence-corrected chi connectivity index (χ1v) is 7.64. The van der Waals surface area contributed by atoms with Gasteiger partial charge in [0, 0.05) is 18.9 Å². The van der Waals surface area contributed by atoms with Crippen LogP contribution >= 0.6 is 0 Å². The molecule has 1 spiro atoms. The molecule has 1 aliphatic heterocycles. The van der Waals surface area contributed by atoms with Crippen molar-refractivity contribution in [1.82, 2.24) is 15.2 Å². The number of amides is 2. The zero-order chi connectivity index (χ0) is 14.9. The molecule has 1 saturated heterocycles. The largest absolute Gasteiger partial charge is 0.340 e. The molecule has 2 heterocycles. The molecule has 112 valence electrons. The fraction of sp³-hybridized carbons (Fsp3) is 0.562. The summed E-state index contributed by atoms with van der Waals surface area (Å²) in [4.78, 5) is 31.0. The Hall–Kier alpha value is -1.91. The number of rotatable bonds is 2. The molecule has 1 unspecified atom stereocenters. The molecule has 1 aliphatic carbocycles. The average molecular weight is 287 g/mol. The molecule has 3 rings (SSSR count). The molecule has 1 aromatic heterocycles. The fourth-order valence-corrected chi connectivity index (χ4v) is 3.37. The molecule has 1 aromatic rings. The van der Waals surface area contributed by atoms with Gasteiger partial charge in [-0.1, -0.05) is 19.3 Å². The van der Waals surface area contributed by atoms with Crippen molar-refractivity contribution in [2.45, 2.75) is 57.2 Å². The van der Waals surface area contributed by atoms with E-state index in [1.807, 2.05) is 12.1 Å². The maximum absolute atomic E-state index is 13.0. The third-order valence-corrected chi connectivity index (χ3v) is 4.69. The molecule has 5 heteroatoms. The molecule has 1 saturated carbocycles. The second-order valence-electron chi connectivity index (χ2n) is 6.10. The zero-order valence-electron chi connectivity index (χ0n) is 12.3. The van der Waals surface area contributed by atoms with Gasteiger partial charge in [-0.05, 0) is 37.5 Å². The lowest BCUT2D eigenvalue weighted by Crippen LogP contribution is -2.69. The third-order valence-electron chi connectivity index (χ3n) is 4.69. The Kier molecular flexibility index (Phi) is 3.66. The van der Waals surface area contributed by atoms with Crippen LogP contribution in [0.4, 0.5) is 0 Å². The topological polar surface area (TPSA) is 62.3 Å². The fourth-order valence-electron chi connectivity index (χ4n) is 3.37. The average Bonchev–Trinajstić information content (AvgIpc) is 2.52. The van der Waals surface area contributed by atoms with E-state index >= 15 is 0 Å². The third kappa shape index (κ3) is 2.52. The highest BCUT2D eigenvalue weighted by atomic mass is 16.2. The Morgan fingerprint density at radius 3 is 2.57 bits per heavy atom. The summed E-state index contributed by atoms with van der Waals surface area (Å²) < 4.78 is 0. The number of carbonyl (C=O) groups is 2. The lowest BCUT2D eigenvalue weighted by atomic mass is 9.78. The van der Waals surface area contributed by atoms with Gasteiger partial charge in [-0.2, -0.15) is 0 Å². The highest BCUT2D eigenvalue weighted by molar-refractivity contribution is 5.99. The van der Waals surface area contributed by atoms with Gasteiger partial charge in [0.15, 0.2) is 0 Å². The summed E-state index contributed by atoms with van der Waals surface area (Å²) in [6, 6.07) is 3.36. The van der Waals surface area contributed by atoms with Gasteiger partial charge in [0.25, 0.3) is 0 Å². The first-order chi connectivity index (χ1) is 10.1. The van der Waals surface area contributed by atoms with E-state index in [-0.39, 0.29) is 11.8 Å². The van der Waals surface area contributed by atoms with E-state index in [0.29, 0.717) is 6.54 Å². The van der Waals surface area contributed by atoms with Gasteiger partial charge in [0.2, 0.25) is 11.8 Å². The van der Waals surface area contributed by atoms with Crippen molar-refractivity contribution < 1.29 is 9.59 Å². The highest BCUT2D eigenvalue weighted by Gasteiger charge is 2.49. The Morgan fingerprint density at radius 1 is 1.24 bits per heavy atom. The number of hydrogen-bond acceptors (Lipinski definition) is 3. The molecule has 2 fully saturated rings. The number of aromatic nitrogens is 1. The number of carbonyl (C=O) groups excluding carboxylic acids is 2. The van der Waals surface area contributed by atoms with E-state index in [0.717, 1.165) is 37.7 Å². The predicted octanol–water partition coefficient (Wildman–Crippen LogP) is 1.63. The summed E-state index contributed by atoms with van der Waals surface area (Å²) in [6.45, 7) is 2.27. The van der Waals surface area contributed by atoms with E-state index in [2.05, 4.69) is 10.3 Å². The van der Waals surface area contributed by atoms with Crippen LogP contribution in [0.2, 0.25) is 0 Å². The second kappa shape index (κ2) is 5.47. The van der Waals surface area contributed by atoms with Gasteiger partial charge in [-0.15, -0.1) is 0 Å². The number of piperazine rings is 1. The summed E-state index contributed by atoms with van der Waals surface area (Å²) in [5.74, 6) is 0.0386. The van der Waals surface area contributed by atoms with E-state index in [1.54, 1.807) is 24.2 Å². The van der Waals surface area contributed by atoms with Crippen LogP contribution in [0.5, 0.6) is 0 Å². The van der Waals surface area contributed by atoms with Gasteiger partial charge in [-0.25, -0.2) is 0 Å². The lowest BCUT2D eigenvalue weighted by molar-refractivity contribution is -0.156. The van der Waals surface area contributed by atoms with Crippen molar-refractivity contribution in [2.75, 3.05) is 0 Å². The molecular formula is C16H21N3O2. The molecule has 0 aromatic carbocycles. The molecule has 2 aliphatic rings. The molecule has 2 amide bonds. The van der Waals surface area contributed by atoms with Gasteiger partial charge >= 0.3 is 0 Å². The Bertz CT molecular complexity index is 538. The smallest absolute Gasteiger partial charge is 0.249 e. The maximum atomic E-state index is 13.0. The zero-order valence-corrected chi connectivity index (χ0v) is 12.3. The highest BCUT2D eigenvalue weighted by Crippen LogP contribution is 2.33. The molecule has 1 N–H and O–H groups in total. The molecule has 1 atom stereocenters. The van der Waals surface area contributed by atoms with Crippen LogP contribution in [0, 0.1) is 0 Å². The Balaban J connectivity index is 1.86. The number of pyridine rings is 1. The number of nitrogens with one attached hydrogen (secondary N) is 1. The van der Waals surface area contributed by atoms with Crippen molar-refractivity contribution in [2.24, 2.45) is 0 Å². The Labute approximate surface area is 124 Å². The van der Waals surface area contributed by atoms with Crippen LogP contribution in [0.1, 0.15) is 44.6 Å². The maximum Gasteiger partial charge on any atom is 0.249 e. The molecule has 5 nitrogen and oxygen atoms in total. The van der Waals surface area contributed by atoms with Gasteiger partial charge in [0.1, 0.15) is 11.6 Å². The van der Waals surface area contributed by atoms with Crippen LogP contribution in [0.3, 0.4) is 0 Å². The van der Waals surface area contributed by atoms with Crippen LogP contribution in [0.15, 0.2) is 24.5 Å². The summed E-state index contributed by atoms with van der Waals surface area (Å²) >= 11 is 0. The minimum Gasteiger partial charge on any atom is -0.340 e. The first-order valence-electron chi connectivity index (χ1n) is 7.64. The van der Waals surface area contributed by atoms with Gasteiger partial charge < -0.3 is 10.2 Å². The van der Waals surface area contributed by atoms with Crippen LogP contribution < -0.4 is 5.32 Å². The van der Waals surface area contributed by atoms with Crippen LogP contribution in [0.25, 0.3) is 0 Å². The number of hydrogen-bond donors (Lipinski definition) is 1. The summed E-state index contributed by atoms with van der Waals surface area (Å²) in [6.07, 6.45) is 8.10. The lowest BCUT2D eigenvalue weighted by Gasteiger charge is -2.46. The second-order valence-corrected chi connectivity index (χ2v) is 6.10. The van der Waals surface area contributed by atoms with E-state index < -0.39 is 11.6 Å². The van der Waals surface area contributed by atoms with Gasteiger partial charge in [0.05, 0.1) is 0 Å². The molecule has 0 radical (unpaired) electrons. The van der Waals surface area contributed by atoms with E-state index in [4.69, 9.17) is 0 Å². The van der Waals surface area contributed by atoms with Crippen molar-refractivity contribution in [3.8, 4) is 0 Å². The molecule has 0 bridgehead atoms. The van der Waals surface area contributed by atoms with Crippen molar-refractivity contribution in [3.05, 3.63) is 30.1 Å². The van der Waals surface area contributed by atoms with Crippen molar-refractivity contribution in [1.29, 1.82) is 0 Å². The SMILES string of the molecule is CC1C(=O)NC2(CCCCC2)C(=O)N1Cc1ccncc1. The van der Waals surface area contributed by atoms with Gasteiger partial charge in [-0.3, -0.25) is 14.6 Å². The van der Waals surface area contributed by atoms with E-state index in [9.17, 15) is 9.59 Å². The molecule has 21 heavy (non-hydrogen) atoms. The first kappa shape index (κ1) is 14.0. The minimum absolute atomic E-state index is 0.0365. The van der Waals surface area contributed by atoms with Crippen molar-refractivity contribution in [3.63, 3.8) is 0 Å². The monoisotopic (exact) mass is 287 g/mol. The van der Waals surface area contributed by atoms with Crippen molar-refractivity contribution >= 4 is 11.8 Å². The molecular weight excluding hydrogens is 266 g/mol.